The zero-order valence-corrected chi connectivity index (χ0v) is 14.1. The second kappa shape index (κ2) is 7.11. The van der Waals surface area contributed by atoms with Crippen LogP contribution in [0.4, 0.5) is 0 Å². The van der Waals surface area contributed by atoms with E-state index in [2.05, 4.69) is 62.5 Å². The van der Waals surface area contributed by atoms with E-state index >= 15 is 0 Å². The minimum atomic E-state index is -0.385. The summed E-state index contributed by atoms with van der Waals surface area (Å²) in [6, 6.07) is 12.5. The van der Waals surface area contributed by atoms with E-state index in [9.17, 15) is 0 Å². The lowest BCUT2D eigenvalue weighted by Crippen LogP contribution is -2.45. The largest absolute Gasteiger partial charge is 0.468 e. The molecule has 0 aliphatic carbocycles. The van der Waals surface area contributed by atoms with Crippen molar-refractivity contribution >= 4 is 23.7 Å². The topological polar surface area (TPSA) is 12.5 Å². The molecule has 0 spiro atoms. The van der Waals surface area contributed by atoms with Crippen LogP contribution in [-0.4, -0.2) is 19.0 Å². The lowest BCUT2D eigenvalue weighted by molar-refractivity contribution is -0.0642. The van der Waals surface area contributed by atoms with Crippen molar-refractivity contribution in [2.24, 2.45) is 0 Å². The quantitative estimate of drug-likeness (QED) is 0.743. The summed E-state index contributed by atoms with van der Waals surface area (Å²) in [5.74, 6) is 0.912. The van der Waals surface area contributed by atoms with Gasteiger partial charge in [0.25, 0.3) is 0 Å². The molecular weight excluding hydrogens is 290 g/mol. The SMILES string of the molecule is CCC(Oc1ccc(C)cc1)(c1cccs1)N(C)C.Cl. The van der Waals surface area contributed by atoms with Crippen LogP contribution in [0.25, 0.3) is 0 Å². The second-order valence-electron chi connectivity index (χ2n) is 4.92. The Bertz CT molecular complexity index is 510. The molecule has 20 heavy (non-hydrogen) atoms. The fourth-order valence-electron chi connectivity index (χ4n) is 2.23. The summed E-state index contributed by atoms with van der Waals surface area (Å²) >= 11 is 1.74. The van der Waals surface area contributed by atoms with Gasteiger partial charge in [0.05, 0.1) is 4.88 Å². The first-order chi connectivity index (χ1) is 9.08. The van der Waals surface area contributed by atoms with Gasteiger partial charge in [0.15, 0.2) is 5.72 Å². The standard InChI is InChI=1S/C16H21NOS.ClH/c1-5-16(17(3)4,15-7-6-12-19-15)18-14-10-8-13(2)9-11-14;/h6-12H,5H2,1-4H3;1H. The number of thiophene rings is 1. The van der Waals surface area contributed by atoms with Gasteiger partial charge in [-0.2, -0.15) is 0 Å². The third-order valence-corrected chi connectivity index (χ3v) is 4.42. The Kier molecular flexibility index (Phi) is 6.06. The van der Waals surface area contributed by atoms with Crippen LogP contribution >= 0.6 is 23.7 Å². The van der Waals surface area contributed by atoms with Crippen LogP contribution in [0.2, 0.25) is 0 Å². The number of aryl methyl sites for hydroxylation is 1. The Morgan fingerprint density at radius 1 is 1.15 bits per heavy atom. The van der Waals surface area contributed by atoms with Crippen molar-refractivity contribution in [2.75, 3.05) is 14.1 Å². The molecule has 0 aliphatic rings. The molecule has 2 nitrogen and oxygen atoms in total. The molecule has 4 heteroatoms. The van der Waals surface area contributed by atoms with E-state index in [0.29, 0.717) is 0 Å². The van der Waals surface area contributed by atoms with Gasteiger partial charge in [-0.1, -0.05) is 30.7 Å². The Morgan fingerprint density at radius 3 is 2.25 bits per heavy atom. The Morgan fingerprint density at radius 2 is 1.80 bits per heavy atom. The van der Waals surface area contributed by atoms with Crippen molar-refractivity contribution in [3.05, 3.63) is 52.2 Å². The monoisotopic (exact) mass is 311 g/mol. The summed E-state index contributed by atoms with van der Waals surface area (Å²) in [5.41, 5.74) is 0.860. The summed E-state index contributed by atoms with van der Waals surface area (Å²) in [6.45, 7) is 4.25. The summed E-state index contributed by atoms with van der Waals surface area (Å²) in [7, 11) is 4.13. The lowest BCUT2D eigenvalue weighted by Gasteiger charge is -2.38. The fourth-order valence-corrected chi connectivity index (χ4v) is 3.24. The molecule has 1 aromatic carbocycles. The summed E-state index contributed by atoms with van der Waals surface area (Å²) in [4.78, 5) is 3.39. The van der Waals surface area contributed by atoms with Crippen LogP contribution in [0, 0.1) is 6.92 Å². The van der Waals surface area contributed by atoms with Gasteiger partial charge in [0.2, 0.25) is 0 Å². The van der Waals surface area contributed by atoms with Crippen LogP contribution in [0.3, 0.4) is 0 Å². The predicted molar refractivity (Wildman–Crippen MR) is 89.0 cm³/mol. The minimum Gasteiger partial charge on any atom is -0.468 e. The molecule has 1 aromatic heterocycles. The Labute approximate surface area is 131 Å². The number of hydrogen-bond donors (Lipinski definition) is 0. The first kappa shape index (κ1) is 17.0. The van der Waals surface area contributed by atoms with Crippen LogP contribution < -0.4 is 4.74 Å². The zero-order chi connectivity index (χ0) is 13.9. The number of ether oxygens (including phenoxy) is 1. The number of rotatable bonds is 5. The number of nitrogens with zero attached hydrogens (tertiary/aromatic N) is 1. The van der Waals surface area contributed by atoms with Gasteiger partial charge in [0.1, 0.15) is 5.75 Å². The van der Waals surface area contributed by atoms with Crippen molar-refractivity contribution in [3.63, 3.8) is 0 Å². The van der Waals surface area contributed by atoms with Crippen molar-refractivity contribution in [2.45, 2.75) is 26.0 Å². The molecule has 2 aromatic rings. The molecule has 0 aliphatic heterocycles. The van der Waals surface area contributed by atoms with E-state index in [-0.39, 0.29) is 18.1 Å². The molecule has 0 radical (unpaired) electrons. The molecule has 1 unspecified atom stereocenters. The maximum absolute atomic E-state index is 6.35. The maximum atomic E-state index is 6.35. The number of benzene rings is 1. The molecule has 110 valence electrons. The normalized spacial score (nSPS) is 13.7. The highest BCUT2D eigenvalue weighted by Gasteiger charge is 2.36. The van der Waals surface area contributed by atoms with Crippen LogP contribution in [0.15, 0.2) is 41.8 Å². The van der Waals surface area contributed by atoms with E-state index < -0.39 is 0 Å². The fraction of sp³-hybridized carbons (Fsp3) is 0.375. The first-order valence-corrected chi connectivity index (χ1v) is 7.43. The van der Waals surface area contributed by atoms with Gasteiger partial charge in [-0.3, -0.25) is 4.90 Å². The number of hydrogen-bond acceptors (Lipinski definition) is 3. The van der Waals surface area contributed by atoms with Crippen molar-refractivity contribution < 1.29 is 4.74 Å². The number of halogens is 1. The molecular formula is C16H22ClNOS. The average Bonchev–Trinajstić information content (AvgIpc) is 2.92. The highest BCUT2D eigenvalue weighted by atomic mass is 35.5. The van der Waals surface area contributed by atoms with Crippen LogP contribution in [0.5, 0.6) is 5.75 Å². The zero-order valence-electron chi connectivity index (χ0n) is 12.4. The van der Waals surface area contributed by atoms with E-state index in [1.54, 1.807) is 11.3 Å². The molecule has 0 amide bonds. The van der Waals surface area contributed by atoms with Crippen molar-refractivity contribution in [1.82, 2.24) is 4.90 Å². The molecule has 1 atom stereocenters. The van der Waals surface area contributed by atoms with E-state index in [1.807, 2.05) is 12.1 Å². The minimum absolute atomic E-state index is 0. The van der Waals surface area contributed by atoms with Gasteiger partial charge in [-0.05, 0) is 44.6 Å². The predicted octanol–water partition coefficient (Wildman–Crippen LogP) is 4.68. The molecule has 0 saturated heterocycles. The Balaban J connectivity index is 0.00000200. The van der Waals surface area contributed by atoms with E-state index in [0.717, 1.165) is 12.2 Å². The molecule has 2 rings (SSSR count). The smallest absolute Gasteiger partial charge is 0.198 e. The summed E-state index contributed by atoms with van der Waals surface area (Å²) in [5, 5.41) is 2.10. The van der Waals surface area contributed by atoms with Crippen LogP contribution in [0.1, 0.15) is 23.8 Å². The average molecular weight is 312 g/mol. The summed E-state index contributed by atoms with van der Waals surface area (Å²) in [6.07, 6.45) is 0.897. The molecule has 1 heterocycles. The lowest BCUT2D eigenvalue weighted by atomic mass is 10.1. The third kappa shape index (κ3) is 3.35. The van der Waals surface area contributed by atoms with E-state index in [4.69, 9.17) is 4.74 Å². The van der Waals surface area contributed by atoms with Crippen LogP contribution in [-0.2, 0) is 5.72 Å². The highest BCUT2D eigenvalue weighted by molar-refractivity contribution is 7.10. The molecule has 0 N–H and O–H groups in total. The van der Waals surface area contributed by atoms with Gasteiger partial charge < -0.3 is 4.74 Å². The molecule has 0 saturated carbocycles. The van der Waals surface area contributed by atoms with Crippen molar-refractivity contribution in [3.8, 4) is 5.75 Å². The second-order valence-corrected chi connectivity index (χ2v) is 5.87. The van der Waals surface area contributed by atoms with Gasteiger partial charge in [-0.25, -0.2) is 0 Å². The summed E-state index contributed by atoms with van der Waals surface area (Å²) < 4.78 is 6.35. The maximum Gasteiger partial charge on any atom is 0.198 e. The highest BCUT2D eigenvalue weighted by Crippen LogP contribution is 2.36. The third-order valence-electron chi connectivity index (χ3n) is 3.42. The molecule has 0 fully saturated rings. The van der Waals surface area contributed by atoms with Gasteiger partial charge in [-0.15, -0.1) is 23.7 Å². The van der Waals surface area contributed by atoms with Crippen molar-refractivity contribution in [1.29, 1.82) is 0 Å². The molecule has 0 bridgehead atoms. The first-order valence-electron chi connectivity index (χ1n) is 6.55. The Hall–Kier alpha value is -1.03. The van der Waals surface area contributed by atoms with Gasteiger partial charge >= 0.3 is 0 Å². The van der Waals surface area contributed by atoms with E-state index in [1.165, 1.54) is 10.4 Å². The van der Waals surface area contributed by atoms with Gasteiger partial charge in [0, 0.05) is 6.42 Å².